The molecule has 0 aromatic heterocycles. The molecule has 1 aromatic rings. The van der Waals surface area contributed by atoms with Gasteiger partial charge in [-0.1, -0.05) is 12.1 Å². The van der Waals surface area contributed by atoms with Crippen molar-refractivity contribution in [3.05, 3.63) is 24.3 Å². The van der Waals surface area contributed by atoms with Crippen LogP contribution in [-0.4, -0.2) is 57.5 Å². The van der Waals surface area contributed by atoms with Crippen LogP contribution in [0.15, 0.2) is 29.2 Å². The van der Waals surface area contributed by atoms with Gasteiger partial charge in [-0.05, 0) is 26.0 Å². The van der Waals surface area contributed by atoms with E-state index in [9.17, 15) is 17.2 Å². The SMILES string of the molecule is C[C@@H]1CN(CCNc2ccccc2S(=O)(=O)C(F)F)C[C@H](C)O1. The van der Waals surface area contributed by atoms with E-state index in [1.807, 2.05) is 13.8 Å². The first kappa shape index (κ1) is 18.1. The maximum absolute atomic E-state index is 12.7. The fraction of sp³-hybridized carbons (Fsp3) is 0.600. The lowest BCUT2D eigenvalue weighted by Crippen LogP contribution is -2.46. The van der Waals surface area contributed by atoms with Gasteiger partial charge >= 0.3 is 5.76 Å². The van der Waals surface area contributed by atoms with Gasteiger partial charge in [0.25, 0.3) is 0 Å². The lowest BCUT2D eigenvalue weighted by atomic mass is 10.2. The zero-order chi connectivity index (χ0) is 17.0. The van der Waals surface area contributed by atoms with Crippen LogP contribution >= 0.6 is 0 Å². The first-order valence-electron chi connectivity index (χ1n) is 7.53. The second-order valence-corrected chi connectivity index (χ2v) is 7.63. The predicted molar refractivity (Wildman–Crippen MR) is 84.6 cm³/mol. The van der Waals surface area contributed by atoms with Crippen molar-refractivity contribution in [2.75, 3.05) is 31.5 Å². The molecular weight excluding hydrogens is 326 g/mol. The topological polar surface area (TPSA) is 58.6 Å². The largest absolute Gasteiger partial charge is 0.383 e. The Bertz CT molecular complexity index is 615. The number of para-hydroxylation sites is 1. The third-order valence-electron chi connectivity index (χ3n) is 3.67. The summed E-state index contributed by atoms with van der Waals surface area (Å²) >= 11 is 0. The normalized spacial score (nSPS) is 23.2. The Morgan fingerprint density at radius 1 is 1.26 bits per heavy atom. The van der Waals surface area contributed by atoms with Crippen molar-refractivity contribution in [1.29, 1.82) is 0 Å². The number of anilines is 1. The van der Waals surface area contributed by atoms with Crippen molar-refractivity contribution in [2.24, 2.45) is 0 Å². The zero-order valence-electron chi connectivity index (χ0n) is 13.2. The van der Waals surface area contributed by atoms with Crippen LogP contribution < -0.4 is 5.32 Å². The molecule has 0 spiro atoms. The molecule has 0 bridgehead atoms. The smallest absolute Gasteiger partial charge is 0.341 e. The van der Waals surface area contributed by atoms with Crippen LogP contribution in [0, 0.1) is 0 Å². The number of rotatable bonds is 6. The molecule has 2 atom stereocenters. The van der Waals surface area contributed by atoms with Gasteiger partial charge in [0.1, 0.15) is 0 Å². The Hall–Kier alpha value is -1.25. The Morgan fingerprint density at radius 2 is 1.87 bits per heavy atom. The third kappa shape index (κ3) is 4.62. The summed E-state index contributed by atoms with van der Waals surface area (Å²) < 4.78 is 54.5. The summed E-state index contributed by atoms with van der Waals surface area (Å²) in [4.78, 5) is 1.84. The number of nitrogens with one attached hydrogen (secondary N) is 1. The number of alkyl halides is 2. The lowest BCUT2D eigenvalue weighted by molar-refractivity contribution is -0.0667. The summed E-state index contributed by atoms with van der Waals surface area (Å²) in [6, 6.07) is 5.75. The average Bonchev–Trinajstić information content (AvgIpc) is 2.46. The maximum atomic E-state index is 12.7. The minimum Gasteiger partial charge on any atom is -0.383 e. The van der Waals surface area contributed by atoms with E-state index in [-0.39, 0.29) is 22.8 Å². The van der Waals surface area contributed by atoms with E-state index < -0.39 is 15.6 Å². The molecule has 130 valence electrons. The number of nitrogens with zero attached hydrogens (tertiary/aromatic N) is 1. The number of ether oxygens (including phenoxy) is 1. The van der Waals surface area contributed by atoms with Crippen molar-refractivity contribution >= 4 is 15.5 Å². The molecule has 5 nitrogen and oxygen atoms in total. The Kier molecular flexibility index (Phi) is 5.94. The molecule has 23 heavy (non-hydrogen) atoms. The molecule has 1 saturated heterocycles. The van der Waals surface area contributed by atoms with E-state index in [2.05, 4.69) is 10.2 Å². The van der Waals surface area contributed by atoms with Crippen molar-refractivity contribution in [3.63, 3.8) is 0 Å². The van der Waals surface area contributed by atoms with Crippen LogP contribution in [0.2, 0.25) is 0 Å². The standard InChI is InChI=1S/C15H22F2N2O3S/c1-11-9-19(10-12(2)22-11)8-7-18-13-5-3-4-6-14(13)23(20,21)15(16)17/h3-6,11-12,15,18H,7-10H2,1-2H3/t11-,12+. The van der Waals surface area contributed by atoms with Crippen molar-refractivity contribution in [3.8, 4) is 0 Å². The number of benzene rings is 1. The fourth-order valence-electron chi connectivity index (χ4n) is 2.77. The molecule has 1 heterocycles. The quantitative estimate of drug-likeness (QED) is 0.854. The highest BCUT2D eigenvalue weighted by Crippen LogP contribution is 2.25. The molecule has 1 aliphatic heterocycles. The molecule has 0 radical (unpaired) electrons. The minimum atomic E-state index is -4.61. The summed E-state index contributed by atoms with van der Waals surface area (Å²) in [6.07, 6.45) is 0.287. The van der Waals surface area contributed by atoms with Gasteiger partial charge in [0.05, 0.1) is 22.8 Å². The van der Waals surface area contributed by atoms with Gasteiger partial charge in [-0.3, -0.25) is 4.90 Å². The maximum Gasteiger partial charge on any atom is 0.341 e. The van der Waals surface area contributed by atoms with E-state index in [4.69, 9.17) is 4.74 Å². The van der Waals surface area contributed by atoms with E-state index in [0.717, 1.165) is 13.1 Å². The Balaban J connectivity index is 1.99. The number of hydrogen-bond donors (Lipinski definition) is 1. The van der Waals surface area contributed by atoms with Crippen molar-refractivity contribution < 1.29 is 21.9 Å². The van der Waals surface area contributed by atoms with E-state index in [0.29, 0.717) is 13.1 Å². The van der Waals surface area contributed by atoms with Crippen LogP contribution in [0.4, 0.5) is 14.5 Å². The van der Waals surface area contributed by atoms with Crippen LogP contribution in [0.3, 0.4) is 0 Å². The first-order valence-corrected chi connectivity index (χ1v) is 9.08. The first-order chi connectivity index (χ1) is 10.8. The monoisotopic (exact) mass is 348 g/mol. The van der Waals surface area contributed by atoms with Gasteiger partial charge in [0, 0.05) is 26.2 Å². The van der Waals surface area contributed by atoms with Gasteiger partial charge in [-0.25, -0.2) is 8.42 Å². The summed E-state index contributed by atoms with van der Waals surface area (Å²) in [5.74, 6) is -3.42. The summed E-state index contributed by atoms with van der Waals surface area (Å²) in [7, 11) is -4.61. The number of halogens is 2. The zero-order valence-corrected chi connectivity index (χ0v) is 14.0. The highest BCUT2D eigenvalue weighted by atomic mass is 32.2. The second kappa shape index (κ2) is 7.55. The Morgan fingerprint density at radius 3 is 2.48 bits per heavy atom. The molecule has 0 amide bonds. The van der Waals surface area contributed by atoms with Gasteiger partial charge in [-0.2, -0.15) is 8.78 Å². The number of hydrogen-bond acceptors (Lipinski definition) is 5. The molecule has 2 rings (SSSR count). The summed E-state index contributed by atoms with van der Waals surface area (Å²) in [6.45, 7) is 6.74. The highest BCUT2D eigenvalue weighted by molar-refractivity contribution is 7.91. The van der Waals surface area contributed by atoms with Crippen LogP contribution in [0.1, 0.15) is 13.8 Å². The molecule has 0 unspecified atom stereocenters. The summed E-state index contributed by atoms with van der Waals surface area (Å²) in [5, 5.41) is 2.96. The molecular formula is C15H22F2N2O3S. The minimum absolute atomic E-state index is 0.144. The van der Waals surface area contributed by atoms with Crippen LogP contribution in [0.5, 0.6) is 0 Å². The highest BCUT2D eigenvalue weighted by Gasteiger charge is 2.29. The molecule has 8 heteroatoms. The van der Waals surface area contributed by atoms with E-state index in [1.54, 1.807) is 6.07 Å². The molecule has 1 aromatic carbocycles. The average molecular weight is 348 g/mol. The van der Waals surface area contributed by atoms with Crippen LogP contribution in [0.25, 0.3) is 0 Å². The van der Waals surface area contributed by atoms with Crippen LogP contribution in [-0.2, 0) is 14.6 Å². The van der Waals surface area contributed by atoms with Crippen molar-refractivity contribution in [1.82, 2.24) is 4.90 Å². The van der Waals surface area contributed by atoms with E-state index >= 15 is 0 Å². The van der Waals surface area contributed by atoms with Gasteiger partial charge in [0.15, 0.2) is 0 Å². The predicted octanol–water partition coefficient (Wildman–Crippen LogP) is 2.20. The molecule has 0 aliphatic carbocycles. The fourth-order valence-corrected chi connectivity index (χ4v) is 3.68. The third-order valence-corrected chi connectivity index (χ3v) is 5.11. The number of morpholine rings is 1. The number of sulfone groups is 1. The van der Waals surface area contributed by atoms with Gasteiger partial charge in [-0.15, -0.1) is 0 Å². The summed E-state index contributed by atoms with van der Waals surface area (Å²) in [5.41, 5.74) is 0.210. The van der Waals surface area contributed by atoms with Gasteiger partial charge in [0.2, 0.25) is 9.84 Å². The molecule has 1 aliphatic rings. The van der Waals surface area contributed by atoms with Crippen molar-refractivity contribution in [2.45, 2.75) is 36.7 Å². The molecule has 0 saturated carbocycles. The molecule has 1 fully saturated rings. The molecule has 1 N–H and O–H groups in total. The second-order valence-electron chi connectivity index (χ2n) is 5.75. The Labute approximate surface area is 135 Å². The lowest BCUT2D eigenvalue weighted by Gasteiger charge is -2.35. The van der Waals surface area contributed by atoms with E-state index in [1.165, 1.54) is 18.2 Å². The van der Waals surface area contributed by atoms with Gasteiger partial charge < -0.3 is 10.1 Å².